The quantitative estimate of drug-likeness (QED) is 0.849. The highest BCUT2D eigenvalue weighted by Crippen LogP contribution is 2.21. The second kappa shape index (κ2) is 6.50. The van der Waals surface area contributed by atoms with Crippen LogP contribution >= 0.6 is 11.8 Å². The first-order valence-electron chi connectivity index (χ1n) is 5.96. The van der Waals surface area contributed by atoms with Crippen molar-refractivity contribution in [3.05, 3.63) is 48.0 Å². The maximum absolute atomic E-state index is 11.6. The summed E-state index contributed by atoms with van der Waals surface area (Å²) in [5, 5.41) is 3.36. The van der Waals surface area contributed by atoms with Crippen molar-refractivity contribution in [2.75, 3.05) is 6.26 Å². The van der Waals surface area contributed by atoms with Crippen molar-refractivity contribution in [1.29, 1.82) is 0 Å². The Morgan fingerprint density at radius 2 is 2.17 bits per heavy atom. The van der Waals surface area contributed by atoms with E-state index in [9.17, 15) is 4.79 Å². The molecule has 4 heteroatoms. The van der Waals surface area contributed by atoms with Crippen LogP contribution in [0.15, 0.2) is 42.5 Å². The van der Waals surface area contributed by atoms with Gasteiger partial charge in [-0.1, -0.05) is 42.5 Å². The fourth-order valence-electron chi connectivity index (χ4n) is 1.86. The molecule has 1 amide bonds. The van der Waals surface area contributed by atoms with Crippen LogP contribution in [0, 0.1) is 0 Å². The zero-order valence-electron chi connectivity index (χ0n) is 10.3. The third-order valence-corrected chi connectivity index (χ3v) is 3.82. The maximum Gasteiger partial charge on any atom is 0.407 e. The van der Waals surface area contributed by atoms with Crippen LogP contribution in [-0.4, -0.2) is 23.6 Å². The molecule has 1 aromatic rings. The Morgan fingerprint density at radius 1 is 1.39 bits per heavy atom. The van der Waals surface area contributed by atoms with Gasteiger partial charge in [0, 0.05) is 5.25 Å². The first kappa shape index (κ1) is 13.0. The predicted molar refractivity (Wildman–Crippen MR) is 74.6 cm³/mol. The van der Waals surface area contributed by atoms with Gasteiger partial charge in [-0.2, -0.15) is 11.8 Å². The van der Waals surface area contributed by atoms with Crippen LogP contribution in [0.4, 0.5) is 4.79 Å². The molecule has 0 spiro atoms. The van der Waals surface area contributed by atoms with Crippen molar-refractivity contribution in [1.82, 2.24) is 5.32 Å². The van der Waals surface area contributed by atoms with Crippen LogP contribution in [0.5, 0.6) is 0 Å². The summed E-state index contributed by atoms with van der Waals surface area (Å²) < 4.78 is 5.17. The van der Waals surface area contributed by atoms with Gasteiger partial charge in [-0.25, -0.2) is 4.79 Å². The summed E-state index contributed by atoms with van der Waals surface area (Å²) in [6.45, 7) is 0.315. The zero-order valence-corrected chi connectivity index (χ0v) is 11.2. The number of benzene rings is 1. The molecular formula is C14H17NO2S. The molecule has 0 unspecified atom stereocenters. The lowest BCUT2D eigenvalue weighted by atomic mass is 10.2. The van der Waals surface area contributed by atoms with Gasteiger partial charge < -0.3 is 10.1 Å². The van der Waals surface area contributed by atoms with Gasteiger partial charge in [-0.15, -0.1) is 0 Å². The Kier molecular flexibility index (Phi) is 4.70. The van der Waals surface area contributed by atoms with Gasteiger partial charge in [-0.05, 0) is 18.2 Å². The summed E-state index contributed by atoms with van der Waals surface area (Å²) >= 11 is 1.79. The van der Waals surface area contributed by atoms with E-state index in [1.807, 2.05) is 36.4 Å². The maximum atomic E-state index is 11.6. The highest BCUT2D eigenvalue weighted by Gasteiger charge is 2.19. The molecule has 0 fully saturated rings. The van der Waals surface area contributed by atoms with Gasteiger partial charge in [0.2, 0.25) is 0 Å². The number of hydrogen-bond acceptors (Lipinski definition) is 3. The minimum atomic E-state index is -0.352. The average molecular weight is 263 g/mol. The molecule has 96 valence electrons. The molecule has 1 aliphatic rings. The second-order valence-corrected chi connectivity index (χ2v) is 5.28. The highest BCUT2D eigenvalue weighted by atomic mass is 32.2. The molecule has 2 atom stereocenters. The summed E-state index contributed by atoms with van der Waals surface area (Å²) in [5.74, 6) is 0. The van der Waals surface area contributed by atoms with Crippen molar-refractivity contribution >= 4 is 17.9 Å². The van der Waals surface area contributed by atoms with Crippen LogP contribution in [0.2, 0.25) is 0 Å². The van der Waals surface area contributed by atoms with E-state index < -0.39 is 0 Å². The standard InChI is InChI=1S/C14H17NO2S/c1-18-13-8-7-12(9-13)15-14(16)17-10-11-5-3-2-4-6-11/h2-8,12-13H,9-10H2,1H3,(H,15,16)/t12-,13+/m1/s1. The van der Waals surface area contributed by atoms with Crippen LogP contribution in [0.25, 0.3) is 0 Å². The first-order chi connectivity index (χ1) is 8.78. The molecule has 0 radical (unpaired) electrons. The average Bonchev–Trinajstić information content (AvgIpc) is 2.85. The van der Waals surface area contributed by atoms with Crippen molar-refractivity contribution in [2.45, 2.75) is 24.3 Å². The fourth-order valence-corrected chi connectivity index (χ4v) is 2.51. The predicted octanol–water partition coefficient (Wildman–Crippen LogP) is 2.97. The Hall–Kier alpha value is -1.42. The van der Waals surface area contributed by atoms with E-state index in [4.69, 9.17) is 4.74 Å². The Balaban J connectivity index is 1.72. The van der Waals surface area contributed by atoms with E-state index >= 15 is 0 Å². The lowest BCUT2D eigenvalue weighted by Crippen LogP contribution is -2.33. The van der Waals surface area contributed by atoms with E-state index in [-0.39, 0.29) is 12.1 Å². The number of nitrogens with one attached hydrogen (secondary N) is 1. The summed E-state index contributed by atoms with van der Waals surface area (Å²) in [6.07, 6.45) is 6.83. The number of thioether (sulfide) groups is 1. The lowest BCUT2D eigenvalue weighted by molar-refractivity contribution is 0.137. The summed E-state index contributed by atoms with van der Waals surface area (Å²) in [7, 11) is 0. The zero-order chi connectivity index (χ0) is 12.8. The van der Waals surface area contributed by atoms with Crippen molar-refractivity contribution < 1.29 is 9.53 Å². The van der Waals surface area contributed by atoms with Crippen LogP contribution < -0.4 is 5.32 Å². The van der Waals surface area contributed by atoms with Crippen molar-refractivity contribution in [3.8, 4) is 0 Å². The van der Waals surface area contributed by atoms with Gasteiger partial charge in [0.05, 0.1) is 6.04 Å². The van der Waals surface area contributed by atoms with Crippen LogP contribution in [0.1, 0.15) is 12.0 Å². The van der Waals surface area contributed by atoms with Gasteiger partial charge >= 0.3 is 6.09 Å². The van der Waals surface area contributed by atoms with Gasteiger partial charge in [0.25, 0.3) is 0 Å². The highest BCUT2D eigenvalue weighted by molar-refractivity contribution is 7.99. The molecule has 0 aliphatic heterocycles. The molecule has 18 heavy (non-hydrogen) atoms. The largest absolute Gasteiger partial charge is 0.445 e. The fraction of sp³-hybridized carbons (Fsp3) is 0.357. The molecule has 0 saturated carbocycles. The molecule has 0 aromatic heterocycles. The summed E-state index contributed by atoms with van der Waals surface area (Å²) in [4.78, 5) is 11.6. The smallest absolute Gasteiger partial charge is 0.407 e. The molecule has 1 aromatic carbocycles. The molecular weight excluding hydrogens is 246 g/mol. The SMILES string of the molecule is CS[C@H]1C=C[C@@H](NC(=O)OCc2ccccc2)C1. The molecule has 1 N–H and O–H groups in total. The lowest BCUT2D eigenvalue weighted by Gasteiger charge is -2.12. The van der Waals surface area contributed by atoms with Gasteiger partial charge in [0.15, 0.2) is 0 Å². The van der Waals surface area contributed by atoms with E-state index in [0.29, 0.717) is 11.9 Å². The molecule has 0 heterocycles. The third kappa shape index (κ3) is 3.81. The Morgan fingerprint density at radius 3 is 2.83 bits per heavy atom. The number of alkyl carbamates (subject to hydrolysis) is 1. The first-order valence-corrected chi connectivity index (χ1v) is 7.25. The van der Waals surface area contributed by atoms with Crippen molar-refractivity contribution in [2.24, 2.45) is 0 Å². The van der Waals surface area contributed by atoms with Gasteiger partial charge in [-0.3, -0.25) is 0 Å². The second-order valence-electron chi connectivity index (χ2n) is 4.21. The summed E-state index contributed by atoms with van der Waals surface area (Å²) in [5.41, 5.74) is 0.997. The normalized spacial score (nSPS) is 21.8. The van der Waals surface area contributed by atoms with Crippen LogP contribution in [0.3, 0.4) is 0 Å². The van der Waals surface area contributed by atoms with Gasteiger partial charge in [0.1, 0.15) is 6.61 Å². The topological polar surface area (TPSA) is 38.3 Å². The number of rotatable bonds is 4. The number of hydrogen-bond donors (Lipinski definition) is 1. The minimum Gasteiger partial charge on any atom is -0.445 e. The monoisotopic (exact) mass is 263 g/mol. The Labute approximate surface area is 112 Å². The van der Waals surface area contributed by atoms with E-state index in [1.165, 1.54) is 0 Å². The molecule has 2 rings (SSSR count). The van der Waals surface area contributed by atoms with Crippen LogP contribution in [-0.2, 0) is 11.3 Å². The summed E-state index contributed by atoms with van der Waals surface area (Å²) in [6, 6.07) is 9.78. The Bertz CT molecular complexity index is 419. The number of carbonyl (C=O) groups is 1. The third-order valence-electron chi connectivity index (χ3n) is 2.86. The molecule has 0 bridgehead atoms. The molecule has 3 nitrogen and oxygen atoms in total. The molecule has 1 aliphatic carbocycles. The van der Waals surface area contributed by atoms with E-state index in [0.717, 1.165) is 12.0 Å². The van der Waals surface area contributed by atoms with E-state index in [2.05, 4.69) is 17.6 Å². The number of amides is 1. The van der Waals surface area contributed by atoms with E-state index in [1.54, 1.807) is 11.8 Å². The number of carbonyl (C=O) groups excluding carboxylic acids is 1. The number of ether oxygens (including phenoxy) is 1. The minimum absolute atomic E-state index is 0.103. The molecule has 0 saturated heterocycles. The van der Waals surface area contributed by atoms with Crippen molar-refractivity contribution in [3.63, 3.8) is 0 Å².